The summed E-state index contributed by atoms with van der Waals surface area (Å²) in [6.07, 6.45) is 2.14. The van der Waals surface area contributed by atoms with Crippen LogP contribution in [-0.4, -0.2) is 30.8 Å². The molecule has 0 unspecified atom stereocenters. The Labute approximate surface area is 109 Å². The average molecular weight is 256 g/mol. The van der Waals surface area contributed by atoms with Crippen LogP contribution in [0.3, 0.4) is 0 Å². The first-order valence-corrected chi connectivity index (χ1v) is 6.47. The molecule has 0 saturated heterocycles. The minimum Gasteiger partial charge on any atom is -0.448 e. The van der Waals surface area contributed by atoms with Crippen LogP contribution < -0.4 is 10.1 Å². The minimum absolute atomic E-state index is 0.217. The molecular formula is C13H24N2O3. The second kappa shape index (κ2) is 8.11. The number of hydrogen-bond donors (Lipinski definition) is 1. The van der Waals surface area contributed by atoms with Crippen LogP contribution in [-0.2, 0) is 11.3 Å². The lowest BCUT2D eigenvalue weighted by atomic mass is 10.2. The van der Waals surface area contributed by atoms with Gasteiger partial charge in [-0.2, -0.15) is 4.98 Å². The van der Waals surface area contributed by atoms with Gasteiger partial charge in [-0.25, -0.2) is 0 Å². The lowest BCUT2D eigenvalue weighted by Crippen LogP contribution is -2.19. The van der Waals surface area contributed by atoms with E-state index in [-0.39, 0.29) is 6.10 Å². The summed E-state index contributed by atoms with van der Waals surface area (Å²) < 4.78 is 15.9. The molecule has 1 aromatic heterocycles. The van der Waals surface area contributed by atoms with Crippen molar-refractivity contribution in [3.8, 4) is 6.08 Å². The predicted octanol–water partition coefficient (Wildman–Crippen LogP) is 2.22. The first-order chi connectivity index (χ1) is 8.58. The summed E-state index contributed by atoms with van der Waals surface area (Å²) in [5.74, 6) is 0.626. The topological polar surface area (TPSA) is 56.5 Å². The van der Waals surface area contributed by atoms with Crippen LogP contribution in [0.2, 0.25) is 0 Å². The van der Waals surface area contributed by atoms with Crippen molar-refractivity contribution in [2.75, 3.05) is 19.8 Å². The summed E-state index contributed by atoms with van der Waals surface area (Å²) in [6.45, 7) is 11.0. The number of nitrogens with one attached hydrogen (secondary N) is 1. The third kappa shape index (κ3) is 6.61. The molecule has 0 aliphatic heterocycles. The Kier molecular flexibility index (Phi) is 6.75. The molecule has 0 aliphatic rings. The molecule has 5 heteroatoms. The standard InChI is InChI=1S/C13H24N2O3/c1-10(2)7-14-8-12-9-18-13(15-12)17-6-5-16-11(3)4/h9-11,14H,5-8H2,1-4H3. The maximum atomic E-state index is 5.35. The maximum Gasteiger partial charge on any atom is 0.393 e. The van der Waals surface area contributed by atoms with Gasteiger partial charge >= 0.3 is 6.08 Å². The smallest absolute Gasteiger partial charge is 0.393 e. The second-order valence-corrected chi connectivity index (χ2v) is 4.90. The second-order valence-electron chi connectivity index (χ2n) is 4.90. The van der Waals surface area contributed by atoms with Crippen LogP contribution in [0.5, 0.6) is 6.08 Å². The highest BCUT2D eigenvalue weighted by molar-refractivity contribution is 4.99. The number of nitrogens with zero attached hydrogens (tertiary/aromatic N) is 1. The molecule has 0 fully saturated rings. The van der Waals surface area contributed by atoms with Crippen LogP contribution in [0, 0.1) is 5.92 Å². The number of rotatable bonds is 9. The molecule has 0 spiro atoms. The van der Waals surface area contributed by atoms with Crippen LogP contribution in [0.1, 0.15) is 33.4 Å². The average Bonchev–Trinajstić information content (AvgIpc) is 2.72. The summed E-state index contributed by atoms with van der Waals surface area (Å²) in [4.78, 5) is 4.22. The number of ether oxygens (including phenoxy) is 2. The lowest BCUT2D eigenvalue weighted by Gasteiger charge is -2.06. The van der Waals surface area contributed by atoms with Crippen molar-refractivity contribution in [2.45, 2.75) is 40.3 Å². The molecule has 1 heterocycles. The molecule has 104 valence electrons. The fourth-order valence-electron chi connectivity index (χ4n) is 1.34. The highest BCUT2D eigenvalue weighted by Crippen LogP contribution is 2.09. The van der Waals surface area contributed by atoms with Crippen molar-refractivity contribution in [3.63, 3.8) is 0 Å². The van der Waals surface area contributed by atoms with Crippen LogP contribution in [0.25, 0.3) is 0 Å². The molecule has 0 aromatic carbocycles. The SMILES string of the molecule is CC(C)CNCc1coc(OCCOC(C)C)n1. The molecule has 1 aromatic rings. The minimum atomic E-state index is 0.217. The lowest BCUT2D eigenvalue weighted by molar-refractivity contribution is 0.0480. The Morgan fingerprint density at radius 1 is 1.28 bits per heavy atom. The van der Waals surface area contributed by atoms with Gasteiger partial charge < -0.3 is 19.2 Å². The predicted molar refractivity (Wildman–Crippen MR) is 69.6 cm³/mol. The van der Waals surface area contributed by atoms with Crippen molar-refractivity contribution in [1.82, 2.24) is 10.3 Å². The number of hydrogen-bond acceptors (Lipinski definition) is 5. The zero-order valence-corrected chi connectivity index (χ0v) is 11.7. The Morgan fingerprint density at radius 2 is 2.06 bits per heavy atom. The van der Waals surface area contributed by atoms with E-state index in [4.69, 9.17) is 13.9 Å². The molecular weight excluding hydrogens is 232 g/mol. The third-order valence-corrected chi connectivity index (χ3v) is 2.15. The molecule has 0 radical (unpaired) electrons. The van der Waals surface area contributed by atoms with E-state index >= 15 is 0 Å². The zero-order valence-electron chi connectivity index (χ0n) is 11.7. The van der Waals surface area contributed by atoms with Gasteiger partial charge in [-0.3, -0.25) is 0 Å². The molecule has 1 rings (SSSR count). The van der Waals surface area contributed by atoms with Gasteiger partial charge in [-0.05, 0) is 26.3 Å². The van der Waals surface area contributed by atoms with Crippen molar-refractivity contribution >= 4 is 0 Å². The largest absolute Gasteiger partial charge is 0.448 e. The van der Waals surface area contributed by atoms with Crippen LogP contribution >= 0.6 is 0 Å². The quantitative estimate of drug-likeness (QED) is 0.687. The summed E-state index contributed by atoms with van der Waals surface area (Å²) in [7, 11) is 0. The van der Waals surface area contributed by atoms with Crippen molar-refractivity contribution < 1.29 is 13.9 Å². The highest BCUT2D eigenvalue weighted by Gasteiger charge is 2.05. The molecule has 0 amide bonds. The number of aromatic nitrogens is 1. The normalized spacial score (nSPS) is 11.4. The Balaban J connectivity index is 2.17. The first-order valence-electron chi connectivity index (χ1n) is 6.47. The highest BCUT2D eigenvalue weighted by atomic mass is 16.6. The van der Waals surface area contributed by atoms with Gasteiger partial charge in [0.2, 0.25) is 0 Å². The molecule has 1 N–H and O–H groups in total. The van der Waals surface area contributed by atoms with Gasteiger partial charge in [0.15, 0.2) is 0 Å². The van der Waals surface area contributed by atoms with Crippen molar-refractivity contribution in [2.24, 2.45) is 5.92 Å². The van der Waals surface area contributed by atoms with Crippen molar-refractivity contribution in [3.05, 3.63) is 12.0 Å². The summed E-state index contributed by atoms with van der Waals surface area (Å²) in [6, 6.07) is 0. The Bertz CT molecular complexity index is 324. The van der Waals surface area contributed by atoms with E-state index in [0.29, 0.717) is 31.8 Å². The molecule has 0 aliphatic carbocycles. The molecule has 5 nitrogen and oxygen atoms in total. The fourth-order valence-corrected chi connectivity index (χ4v) is 1.34. The van der Waals surface area contributed by atoms with E-state index in [1.807, 2.05) is 13.8 Å². The van der Waals surface area contributed by atoms with Crippen LogP contribution in [0.15, 0.2) is 10.7 Å². The van der Waals surface area contributed by atoms with E-state index in [1.54, 1.807) is 6.26 Å². The summed E-state index contributed by atoms with van der Waals surface area (Å²) in [5, 5.41) is 3.29. The Hall–Kier alpha value is -1.07. The monoisotopic (exact) mass is 256 g/mol. The van der Waals surface area contributed by atoms with Crippen LogP contribution in [0.4, 0.5) is 0 Å². The molecule has 0 bridgehead atoms. The summed E-state index contributed by atoms with van der Waals surface area (Å²) >= 11 is 0. The van der Waals surface area contributed by atoms with E-state index < -0.39 is 0 Å². The van der Waals surface area contributed by atoms with E-state index in [2.05, 4.69) is 24.1 Å². The van der Waals surface area contributed by atoms with E-state index in [0.717, 1.165) is 12.2 Å². The maximum absolute atomic E-state index is 5.35. The molecule has 0 saturated carbocycles. The van der Waals surface area contributed by atoms with Gasteiger partial charge in [0, 0.05) is 6.54 Å². The number of oxazole rings is 1. The van der Waals surface area contributed by atoms with Crippen molar-refractivity contribution in [1.29, 1.82) is 0 Å². The summed E-state index contributed by atoms with van der Waals surface area (Å²) in [5.41, 5.74) is 0.857. The van der Waals surface area contributed by atoms with Gasteiger partial charge in [0.1, 0.15) is 12.9 Å². The fraction of sp³-hybridized carbons (Fsp3) is 0.769. The third-order valence-electron chi connectivity index (χ3n) is 2.15. The van der Waals surface area contributed by atoms with Gasteiger partial charge in [0.05, 0.1) is 18.4 Å². The van der Waals surface area contributed by atoms with Gasteiger partial charge in [0.25, 0.3) is 0 Å². The first kappa shape index (κ1) is 15.0. The van der Waals surface area contributed by atoms with E-state index in [1.165, 1.54) is 0 Å². The zero-order chi connectivity index (χ0) is 13.4. The molecule has 0 atom stereocenters. The van der Waals surface area contributed by atoms with Gasteiger partial charge in [-0.1, -0.05) is 13.8 Å². The Morgan fingerprint density at radius 3 is 2.72 bits per heavy atom. The van der Waals surface area contributed by atoms with E-state index in [9.17, 15) is 0 Å². The van der Waals surface area contributed by atoms with Gasteiger partial charge in [-0.15, -0.1) is 0 Å². The molecule has 18 heavy (non-hydrogen) atoms.